The average Bonchev–Trinajstić information content (AvgIpc) is 2.75. The fourth-order valence-electron chi connectivity index (χ4n) is 3.55. The number of likely N-dealkylation sites (N-methyl/N-ethyl adjacent to an activating group) is 1. The van der Waals surface area contributed by atoms with Gasteiger partial charge in [0.1, 0.15) is 0 Å². The van der Waals surface area contributed by atoms with E-state index in [0.29, 0.717) is 17.0 Å². The fourth-order valence-corrected chi connectivity index (χ4v) is 3.82. The zero-order valence-corrected chi connectivity index (χ0v) is 14.6. The van der Waals surface area contributed by atoms with E-state index < -0.39 is 0 Å². The Morgan fingerprint density at radius 2 is 2.00 bits per heavy atom. The van der Waals surface area contributed by atoms with Gasteiger partial charge in [-0.15, -0.1) is 0 Å². The lowest BCUT2D eigenvalue weighted by Gasteiger charge is -2.47. The van der Waals surface area contributed by atoms with E-state index in [4.69, 9.17) is 16.3 Å². The largest absolute Gasteiger partial charge is 0.373 e. The summed E-state index contributed by atoms with van der Waals surface area (Å²) >= 11 is 6.38. The van der Waals surface area contributed by atoms with Crippen LogP contribution in [0.3, 0.4) is 0 Å². The SMILES string of the molecule is CCOC1(C(NC)c2c(Cl)cnn2C)CCC(C)(C)CC1. The molecule has 5 heteroatoms. The highest BCUT2D eigenvalue weighted by Crippen LogP contribution is 2.48. The van der Waals surface area contributed by atoms with Crippen LogP contribution in [0.2, 0.25) is 5.02 Å². The molecule has 1 aromatic rings. The minimum Gasteiger partial charge on any atom is -0.373 e. The predicted molar refractivity (Wildman–Crippen MR) is 86.6 cm³/mol. The molecule has 0 aliphatic heterocycles. The van der Waals surface area contributed by atoms with Crippen molar-refractivity contribution in [1.29, 1.82) is 0 Å². The van der Waals surface area contributed by atoms with Crippen molar-refractivity contribution in [3.63, 3.8) is 0 Å². The summed E-state index contributed by atoms with van der Waals surface area (Å²) in [6, 6.07) is 0.0635. The molecule has 0 amide bonds. The van der Waals surface area contributed by atoms with Crippen LogP contribution in [-0.2, 0) is 11.8 Å². The molecule has 0 radical (unpaired) electrons. The van der Waals surface area contributed by atoms with E-state index in [0.717, 1.165) is 18.5 Å². The van der Waals surface area contributed by atoms with Crippen LogP contribution in [-0.4, -0.2) is 29.0 Å². The second-order valence-corrected chi connectivity index (χ2v) is 7.29. The average molecular weight is 314 g/mol. The van der Waals surface area contributed by atoms with Crippen LogP contribution in [0.15, 0.2) is 6.20 Å². The Morgan fingerprint density at radius 3 is 2.43 bits per heavy atom. The van der Waals surface area contributed by atoms with Crippen LogP contribution in [0.25, 0.3) is 0 Å². The maximum atomic E-state index is 6.38. The standard InChI is InChI=1S/C16H28ClN3O/c1-6-21-16(9-7-15(2,3)8-10-16)14(18-4)13-12(17)11-19-20(13)5/h11,14,18H,6-10H2,1-5H3. The summed E-state index contributed by atoms with van der Waals surface area (Å²) in [5.41, 5.74) is 1.22. The first-order valence-corrected chi connectivity index (χ1v) is 8.21. The Kier molecular flexibility index (Phi) is 5.01. The molecule has 0 saturated heterocycles. The fraction of sp³-hybridized carbons (Fsp3) is 0.812. The summed E-state index contributed by atoms with van der Waals surface area (Å²) in [6.07, 6.45) is 6.14. The molecule has 4 nitrogen and oxygen atoms in total. The molecule has 0 aromatic carbocycles. The van der Waals surface area contributed by atoms with Crippen LogP contribution in [0.5, 0.6) is 0 Å². The van der Waals surface area contributed by atoms with Gasteiger partial charge in [0.2, 0.25) is 0 Å². The molecule has 0 bridgehead atoms. The van der Waals surface area contributed by atoms with Gasteiger partial charge in [-0.25, -0.2) is 0 Å². The van der Waals surface area contributed by atoms with Gasteiger partial charge in [0.15, 0.2) is 0 Å². The molecule has 1 aromatic heterocycles. The highest BCUT2D eigenvalue weighted by molar-refractivity contribution is 6.31. The van der Waals surface area contributed by atoms with Gasteiger partial charge in [-0.1, -0.05) is 25.4 Å². The van der Waals surface area contributed by atoms with E-state index in [1.165, 1.54) is 12.8 Å². The van der Waals surface area contributed by atoms with Crippen molar-refractivity contribution < 1.29 is 4.74 Å². The summed E-state index contributed by atoms with van der Waals surface area (Å²) in [4.78, 5) is 0. The van der Waals surface area contributed by atoms with Crippen LogP contribution in [0.4, 0.5) is 0 Å². The van der Waals surface area contributed by atoms with E-state index in [1.807, 2.05) is 18.8 Å². The minimum atomic E-state index is -0.198. The summed E-state index contributed by atoms with van der Waals surface area (Å²) < 4.78 is 8.15. The maximum Gasteiger partial charge on any atom is 0.0892 e. The molecule has 0 spiro atoms. The highest BCUT2D eigenvalue weighted by Gasteiger charge is 2.46. The van der Waals surface area contributed by atoms with E-state index in [9.17, 15) is 0 Å². The van der Waals surface area contributed by atoms with Crippen LogP contribution in [0.1, 0.15) is 58.2 Å². The lowest BCUT2D eigenvalue weighted by Crippen LogP contribution is -2.49. The quantitative estimate of drug-likeness (QED) is 0.900. The Hall–Kier alpha value is -0.580. The molecule has 1 heterocycles. The van der Waals surface area contributed by atoms with Gasteiger partial charge in [0, 0.05) is 13.7 Å². The zero-order valence-electron chi connectivity index (χ0n) is 13.9. The van der Waals surface area contributed by atoms with Gasteiger partial charge in [0.25, 0.3) is 0 Å². The normalized spacial score (nSPS) is 22.2. The number of aryl methyl sites for hydroxylation is 1. The first kappa shape index (κ1) is 16.8. The molecular weight excluding hydrogens is 286 g/mol. The maximum absolute atomic E-state index is 6.38. The third-order valence-corrected chi connectivity index (χ3v) is 5.20. The number of hydrogen-bond donors (Lipinski definition) is 1. The number of aromatic nitrogens is 2. The van der Waals surface area contributed by atoms with Gasteiger partial charge in [0.05, 0.1) is 28.6 Å². The lowest BCUT2D eigenvalue weighted by atomic mass is 9.68. The third-order valence-electron chi connectivity index (χ3n) is 4.91. The molecule has 1 saturated carbocycles. The Morgan fingerprint density at radius 1 is 1.38 bits per heavy atom. The summed E-state index contributed by atoms with van der Waals surface area (Å²) in [7, 11) is 3.92. The molecule has 1 aliphatic rings. The number of hydrogen-bond acceptors (Lipinski definition) is 3. The number of nitrogens with one attached hydrogen (secondary N) is 1. The van der Waals surface area contributed by atoms with Gasteiger partial charge < -0.3 is 10.1 Å². The number of halogens is 1. The zero-order chi connectivity index (χ0) is 15.7. The van der Waals surface area contributed by atoms with Crippen LogP contribution >= 0.6 is 11.6 Å². The molecule has 1 fully saturated rings. The molecule has 2 rings (SSSR count). The first-order valence-electron chi connectivity index (χ1n) is 7.84. The summed E-state index contributed by atoms with van der Waals surface area (Å²) in [5.74, 6) is 0. The molecular formula is C16H28ClN3O. The van der Waals surface area contributed by atoms with Crippen molar-refractivity contribution in [3.05, 3.63) is 16.9 Å². The van der Waals surface area contributed by atoms with Crippen molar-refractivity contribution in [2.45, 2.75) is 58.1 Å². The van der Waals surface area contributed by atoms with E-state index >= 15 is 0 Å². The van der Waals surface area contributed by atoms with Crippen molar-refractivity contribution in [3.8, 4) is 0 Å². The molecule has 1 aliphatic carbocycles. The molecule has 1 unspecified atom stereocenters. The third kappa shape index (κ3) is 3.27. The van der Waals surface area contributed by atoms with Crippen molar-refractivity contribution >= 4 is 11.6 Å². The van der Waals surface area contributed by atoms with Gasteiger partial charge in [-0.2, -0.15) is 5.10 Å². The molecule has 1 atom stereocenters. The topological polar surface area (TPSA) is 39.1 Å². The molecule has 120 valence electrons. The first-order chi connectivity index (χ1) is 9.85. The Balaban J connectivity index is 2.36. The second kappa shape index (κ2) is 6.27. The predicted octanol–water partition coefficient (Wildman–Crippen LogP) is 3.71. The van der Waals surface area contributed by atoms with Crippen molar-refractivity contribution in [2.24, 2.45) is 12.5 Å². The minimum absolute atomic E-state index is 0.0635. The van der Waals surface area contributed by atoms with Crippen molar-refractivity contribution in [2.75, 3.05) is 13.7 Å². The second-order valence-electron chi connectivity index (χ2n) is 6.89. The lowest BCUT2D eigenvalue weighted by molar-refractivity contribution is -0.108. The molecule has 1 N–H and O–H groups in total. The van der Waals surface area contributed by atoms with Gasteiger partial charge >= 0.3 is 0 Å². The smallest absolute Gasteiger partial charge is 0.0892 e. The van der Waals surface area contributed by atoms with Crippen LogP contribution in [0, 0.1) is 5.41 Å². The number of ether oxygens (including phenoxy) is 1. The van der Waals surface area contributed by atoms with Crippen LogP contribution < -0.4 is 5.32 Å². The highest BCUT2D eigenvalue weighted by atomic mass is 35.5. The van der Waals surface area contributed by atoms with Crippen molar-refractivity contribution in [1.82, 2.24) is 15.1 Å². The number of nitrogens with zero attached hydrogens (tertiary/aromatic N) is 2. The summed E-state index contributed by atoms with van der Waals surface area (Å²) in [5, 5.41) is 8.44. The molecule has 21 heavy (non-hydrogen) atoms. The van der Waals surface area contributed by atoms with E-state index in [-0.39, 0.29) is 11.6 Å². The Bertz CT molecular complexity index is 454. The monoisotopic (exact) mass is 313 g/mol. The summed E-state index contributed by atoms with van der Waals surface area (Å²) in [6.45, 7) is 7.47. The number of rotatable bonds is 5. The Labute approximate surface area is 133 Å². The van der Waals surface area contributed by atoms with Gasteiger partial charge in [-0.3, -0.25) is 4.68 Å². The van der Waals surface area contributed by atoms with E-state index in [1.54, 1.807) is 6.20 Å². The van der Waals surface area contributed by atoms with Gasteiger partial charge in [-0.05, 0) is 45.1 Å². The van der Waals surface area contributed by atoms with E-state index in [2.05, 4.69) is 31.2 Å².